The van der Waals surface area contributed by atoms with E-state index in [1.54, 1.807) is 25.3 Å². The molecule has 0 aliphatic carbocycles. The minimum absolute atomic E-state index is 0.000306. The third kappa shape index (κ3) is 3.89. The maximum atomic E-state index is 11.9. The number of hydrogen-bond donors (Lipinski definition) is 0. The summed E-state index contributed by atoms with van der Waals surface area (Å²) in [4.78, 5) is 23.8. The van der Waals surface area contributed by atoms with Gasteiger partial charge in [-0.15, -0.1) is 0 Å². The highest BCUT2D eigenvalue weighted by Crippen LogP contribution is 2.20. The maximum Gasteiger partial charge on any atom is 0.336 e. The van der Waals surface area contributed by atoms with Crippen molar-refractivity contribution in [3.8, 4) is 11.5 Å². The van der Waals surface area contributed by atoms with E-state index in [9.17, 15) is 9.59 Å². The minimum atomic E-state index is -0.550. The molecule has 0 unspecified atom stereocenters. The lowest BCUT2D eigenvalue weighted by Gasteiger charge is -2.03. The average molecular weight is 357 g/mol. The Labute approximate surface area is 148 Å². The Kier molecular flexibility index (Phi) is 4.86. The second-order valence-electron chi connectivity index (χ2n) is 5.10. The Morgan fingerprint density at radius 1 is 1.12 bits per heavy atom. The van der Waals surface area contributed by atoms with Gasteiger partial charge in [0.15, 0.2) is 0 Å². The molecule has 6 heteroatoms. The molecule has 1 heterocycles. The molecule has 25 heavy (non-hydrogen) atoms. The van der Waals surface area contributed by atoms with E-state index in [0.29, 0.717) is 11.0 Å². The van der Waals surface area contributed by atoms with Gasteiger partial charge in [-0.2, -0.15) is 0 Å². The third-order valence-corrected chi connectivity index (χ3v) is 3.71. The van der Waals surface area contributed by atoms with Crippen LogP contribution in [0.2, 0.25) is 5.02 Å². The molecule has 0 saturated heterocycles. The van der Waals surface area contributed by atoms with Crippen molar-refractivity contribution in [2.24, 2.45) is 0 Å². The van der Waals surface area contributed by atoms with Crippen molar-refractivity contribution >= 4 is 34.6 Å². The van der Waals surface area contributed by atoms with E-state index in [4.69, 9.17) is 25.5 Å². The number of carbonyl (C=O) groups is 1. The van der Waals surface area contributed by atoms with Gasteiger partial charge in [0, 0.05) is 12.1 Å². The second-order valence-corrected chi connectivity index (χ2v) is 5.51. The molecular weight excluding hydrogens is 344 g/mol. The zero-order valence-electron chi connectivity index (χ0n) is 13.2. The highest BCUT2D eigenvalue weighted by Gasteiger charge is 2.08. The van der Waals surface area contributed by atoms with Crippen molar-refractivity contribution in [2.75, 3.05) is 7.11 Å². The third-order valence-electron chi connectivity index (χ3n) is 3.45. The lowest BCUT2D eigenvalue weighted by atomic mass is 10.2. The summed E-state index contributed by atoms with van der Waals surface area (Å²) in [6, 6.07) is 11.7. The van der Waals surface area contributed by atoms with Crippen molar-refractivity contribution in [3.05, 3.63) is 75.6 Å². The van der Waals surface area contributed by atoms with Crippen LogP contribution in [0.15, 0.2) is 64.0 Å². The molecule has 126 valence electrons. The van der Waals surface area contributed by atoms with Crippen LogP contribution in [-0.2, 0) is 4.79 Å². The van der Waals surface area contributed by atoms with Crippen LogP contribution in [0.4, 0.5) is 0 Å². The first-order valence-electron chi connectivity index (χ1n) is 7.32. The fourth-order valence-corrected chi connectivity index (χ4v) is 2.32. The number of ether oxygens (including phenoxy) is 2. The molecule has 0 saturated carbocycles. The highest BCUT2D eigenvalue weighted by molar-refractivity contribution is 6.30. The summed E-state index contributed by atoms with van der Waals surface area (Å²) in [5.41, 5.74) is 0.788. The van der Waals surface area contributed by atoms with Gasteiger partial charge in [0.25, 0.3) is 0 Å². The molecule has 0 aliphatic rings. The number of carbonyl (C=O) groups excluding carboxylic acids is 1. The van der Waals surface area contributed by atoms with Crippen LogP contribution in [0, 0.1) is 0 Å². The van der Waals surface area contributed by atoms with Gasteiger partial charge in [0.2, 0.25) is 5.43 Å². The smallest absolute Gasteiger partial charge is 0.336 e. The van der Waals surface area contributed by atoms with E-state index < -0.39 is 5.97 Å². The summed E-state index contributed by atoms with van der Waals surface area (Å²) >= 11 is 5.72. The molecule has 0 radical (unpaired) electrons. The predicted molar refractivity (Wildman–Crippen MR) is 95.2 cm³/mol. The average Bonchev–Trinajstić information content (AvgIpc) is 2.63. The molecule has 0 atom stereocenters. The standard InChI is InChI=1S/C19H13ClO5/c1-23-13-5-2-12(3-6-13)4-9-18(21)25-14-7-8-15-17(10-14)24-11-16(20)19(15)22/h2-11H,1H3. The summed E-state index contributed by atoms with van der Waals surface area (Å²) in [6.07, 6.45) is 4.09. The zero-order valence-corrected chi connectivity index (χ0v) is 13.9. The van der Waals surface area contributed by atoms with Crippen LogP contribution in [0.5, 0.6) is 11.5 Å². The van der Waals surface area contributed by atoms with E-state index in [1.165, 1.54) is 24.3 Å². The van der Waals surface area contributed by atoms with E-state index in [2.05, 4.69) is 0 Å². The first-order valence-corrected chi connectivity index (χ1v) is 7.69. The molecule has 0 bridgehead atoms. The van der Waals surface area contributed by atoms with Gasteiger partial charge < -0.3 is 13.9 Å². The molecule has 5 nitrogen and oxygen atoms in total. The number of benzene rings is 2. The van der Waals surface area contributed by atoms with Crippen molar-refractivity contribution in [1.82, 2.24) is 0 Å². The lowest BCUT2D eigenvalue weighted by molar-refractivity contribution is -0.128. The van der Waals surface area contributed by atoms with Crippen molar-refractivity contribution in [3.63, 3.8) is 0 Å². The van der Waals surface area contributed by atoms with Gasteiger partial charge in [0.1, 0.15) is 28.4 Å². The maximum absolute atomic E-state index is 11.9. The Bertz CT molecular complexity index is 1000. The number of halogens is 1. The van der Waals surface area contributed by atoms with E-state index >= 15 is 0 Å². The molecule has 3 aromatic rings. The van der Waals surface area contributed by atoms with Crippen molar-refractivity contribution in [1.29, 1.82) is 0 Å². The quantitative estimate of drug-likeness (QED) is 0.400. The van der Waals surface area contributed by atoms with Gasteiger partial charge in [0.05, 0.1) is 12.5 Å². The number of methoxy groups -OCH3 is 1. The molecular formula is C19H13ClO5. The van der Waals surface area contributed by atoms with Gasteiger partial charge >= 0.3 is 5.97 Å². The molecule has 1 aromatic heterocycles. The fourth-order valence-electron chi connectivity index (χ4n) is 2.18. The number of rotatable bonds is 4. The monoisotopic (exact) mass is 356 g/mol. The van der Waals surface area contributed by atoms with Crippen LogP contribution in [0.3, 0.4) is 0 Å². The first-order chi connectivity index (χ1) is 12.1. The zero-order chi connectivity index (χ0) is 17.8. The van der Waals surface area contributed by atoms with Gasteiger partial charge in [-0.3, -0.25) is 4.79 Å². The molecule has 0 N–H and O–H groups in total. The van der Waals surface area contributed by atoms with Crippen LogP contribution < -0.4 is 14.9 Å². The summed E-state index contributed by atoms with van der Waals surface area (Å²) in [5, 5.41) is 0.320. The molecule has 2 aromatic carbocycles. The van der Waals surface area contributed by atoms with E-state index in [-0.39, 0.29) is 16.2 Å². The second kappa shape index (κ2) is 7.23. The summed E-state index contributed by atoms with van der Waals surface area (Å²) in [5.74, 6) is 0.450. The number of hydrogen-bond acceptors (Lipinski definition) is 5. The van der Waals surface area contributed by atoms with Gasteiger partial charge in [-0.25, -0.2) is 4.79 Å². The Morgan fingerprint density at radius 3 is 2.56 bits per heavy atom. The highest BCUT2D eigenvalue weighted by atomic mass is 35.5. The minimum Gasteiger partial charge on any atom is -0.497 e. The summed E-state index contributed by atoms with van der Waals surface area (Å²) in [6.45, 7) is 0. The van der Waals surface area contributed by atoms with Gasteiger partial charge in [-0.05, 0) is 35.9 Å². The SMILES string of the molecule is COc1ccc(C=CC(=O)Oc2ccc3c(=O)c(Cl)coc3c2)cc1. The largest absolute Gasteiger partial charge is 0.497 e. The Morgan fingerprint density at radius 2 is 1.84 bits per heavy atom. The molecule has 0 aliphatic heterocycles. The first kappa shape index (κ1) is 16.8. The van der Waals surface area contributed by atoms with Crippen molar-refractivity contribution in [2.45, 2.75) is 0 Å². The molecule has 3 rings (SSSR count). The number of fused-ring (bicyclic) bond motifs is 1. The molecule has 0 amide bonds. The fraction of sp³-hybridized carbons (Fsp3) is 0.0526. The molecule has 0 spiro atoms. The van der Waals surface area contributed by atoms with Crippen molar-refractivity contribution < 1.29 is 18.7 Å². The van der Waals surface area contributed by atoms with Crippen LogP contribution in [0.25, 0.3) is 17.0 Å². The normalized spacial score (nSPS) is 11.0. The van der Waals surface area contributed by atoms with Crippen LogP contribution in [0.1, 0.15) is 5.56 Å². The Balaban J connectivity index is 1.74. The van der Waals surface area contributed by atoms with Crippen LogP contribution >= 0.6 is 11.6 Å². The lowest BCUT2D eigenvalue weighted by Crippen LogP contribution is -2.05. The van der Waals surface area contributed by atoms with Crippen LogP contribution in [-0.4, -0.2) is 13.1 Å². The van der Waals surface area contributed by atoms with Gasteiger partial charge in [-0.1, -0.05) is 23.7 Å². The van der Waals surface area contributed by atoms with E-state index in [1.807, 2.05) is 12.1 Å². The Hall–Kier alpha value is -3.05. The molecule has 0 fully saturated rings. The summed E-state index contributed by atoms with van der Waals surface area (Å²) < 4.78 is 15.5. The predicted octanol–water partition coefficient (Wildman–Crippen LogP) is 4.07. The summed E-state index contributed by atoms with van der Waals surface area (Å²) in [7, 11) is 1.59. The topological polar surface area (TPSA) is 65.7 Å². The number of esters is 1. The van der Waals surface area contributed by atoms with E-state index in [0.717, 1.165) is 17.6 Å².